The lowest BCUT2D eigenvalue weighted by Crippen LogP contribution is -2.47. The molecule has 1 aliphatic rings. The Balaban J connectivity index is 1.96. The number of rotatable bonds is 5. The zero-order chi connectivity index (χ0) is 14.5. The Bertz CT molecular complexity index is 420. The molecule has 20 heavy (non-hydrogen) atoms. The Morgan fingerprint density at radius 2 is 1.85 bits per heavy atom. The maximum Gasteiger partial charge on any atom is 0.0397 e. The van der Waals surface area contributed by atoms with Crippen LogP contribution in [-0.2, 0) is 6.54 Å². The van der Waals surface area contributed by atoms with Crippen LogP contribution in [0.4, 0.5) is 5.69 Å². The van der Waals surface area contributed by atoms with Gasteiger partial charge in [0.1, 0.15) is 0 Å². The fourth-order valence-electron chi connectivity index (χ4n) is 3.07. The molecule has 0 atom stereocenters. The van der Waals surface area contributed by atoms with Crippen LogP contribution >= 0.6 is 0 Å². The van der Waals surface area contributed by atoms with Crippen LogP contribution in [0.1, 0.15) is 25.0 Å². The van der Waals surface area contributed by atoms with E-state index in [0.717, 1.165) is 25.6 Å². The molecule has 1 N–H and O–H groups in total. The van der Waals surface area contributed by atoms with Crippen molar-refractivity contribution in [2.45, 2.75) is 27.3 Å². The van der Waals surface area contributed by atoms with Crippen molar-refractivity contribution < 1.29 is 0 Å². The van der Waals surface area contributed by atoms with Crippen LogP contribution in [0.5, 0.6) is 0 Å². The predicted octanol–water partition coefficient (Wildman–Crippen LogP) is 2.49. The zero-order valence-corrected chi connectivity index (χ0v) is 13.4. The first-order valence-corrected chi connectivity index (χ1v) is 7.81. The van der Waals surface area contributed by atoms with Gasteiger partial charge in [0.25, 0.3) is 0 Å². The molecule has 1 fully saturated rings. The van der Waals surface area contributed by atoms with Crippen LogP contribution in [0.15, 0.2) is 18.2 Å². The van der Waals surface area contributed by atoms with Gasteiger partial charge in [0.15, 0.2) is 0 Å². The summed E-state index contributed by atoms with van der Waals surface area (Å²) < 4.78 is 0. The molecular weight excluding hydrogens is 246 g/mol. The van der Waals surface area contributed by atoms with Gasteiger partial charge in [-0.25, -0.2) is 0 Å². The van der Waals surface area contributed by atoms with Gasteiger partial charge in [-0.15, -0.1) is 0 Å². The molecule has 0 amide bonds. The van der Waals surface area contributed by atoms with Crippen molar-refractivity contribution in [3.05, 3.63) is 29.3 Å². The molecule has 0 spiro atoms. The van der Waals surface area contributed by atoms with Gasteiger partial charge in [-0.3, -0.25) is 4.90 Å². The summed E-state index contributed by atoms with van der Waals surface area (Å²) in [5.74, 6) is 0.768. The van der Waals surface area contributed by atoms with Gasteiger partial charge in [0.2, 0.25) is 0 Å². The highest BCUT2D eigenvalue weighted by Crippen LogP contribution is 2.23. The highest BCUT2D eigenvalue weighted by atomic mass is 15.3. The number of anilines is 1. The summed E-state index contributed by atoms with van der Waals surface area (Å²) in [5.41, 5.74) is 4.18. The first kappa shape index (κ1) is 15.3. The van der Waals surface area contributed by atoms with E-state index >= 15 is 0 Å². The Morgan fingerprint density at radius 3 is 2.40 bits per heavy atom. The molecule has 0 saturated carbocycles. The molecule has 1 heterocycles. The Labute approximate surface area is 124 Å². The van der Waals surface area contributed by atoms with E-state index in [1.54, 1.807) is 0 Å². The number of hydrogen-bond donors (Lipinski definition) is 1. The lowest BCUT2D eigenvalue weighted by Gasteiger charge is -2.37. The number of aryl methyl sites for hydroxylation is 1. The van der Waals surface area contributed by atoms with Crippen molar-refractivity contribution >= 4 is 5.69 Å². The van der Waals surface area contributed by atoms with Gasteiger partial charge >= 0.3 is 0 Å². The average Bonchev–Trinajstić information content (AvgIpc) is 2.40. The molecule has 1 aromatic carbocycles. The number of nitrogens with zero attached hydrogens (tertiary/aromatic N) is 2. The third-order valence-corrected chi connectivity index (χ3v) is 3.98. The summed E-state index contributed by atoms with van der Waals surface area (Å²) >= 11 is 0. The molecule has 0 bridgehead atoms. The lowest BCUT2D eigenvalue weighted by atomic mass is 10.1. The van der Waals surface area contributed by atoms with E-state index in [1.165, 1.54) is 36.4 Å². The van der Waals surface area contributed by atoms with Crippen molar-refractivity contribution in [1.29, 1.82) is 0 Å². The number of benzene rings is 1. The van der Waals surface area contributed by atoms with Crippen LogP contribution in [-0.4, -0.2) is 44.7 Å². The fourth-order valence-corrected chi connectivity index (χ4v) is 3.07. The van der Waals surface area contributed by atoms with Gasteiger partial charge < -0.3 is 10.2 Å². The quantitative estimate of drug-likeness (QED) is 0.891. The van der Waals surface area contributed by atoms with Gasteiger partial charge in [0.05, 0.1) is 0 Å². The average molecular weight is 275 g/mol. The summed E-state index contributed by atoms with van der Waals surface area (Å²) in [7, 11) is 2.00. The van der Waals surface area contributed by atoms with Crippen LogP contribution in [0.3, 0.4) is 0 Å². The molecule has 1 aromatic rings. The van der Waals surface area contributed by atoms with Gasteiger partial charge in [-0.2, -0.15) is 0 Å². The molecule has 0 aromatic heterocycles. The minimum Gasteiger partial charge on any atom is -0.369 e. The normalized spacial score (nSPS) is 16.9. The highest BCUT2D eigenvalue weighted by Gasteiger charge is 2.18. The largest absolute Gasteiger partial charge is 0.369 e. The monoisotopic (exact) mass is 275 g/mol. The van der Waals surface area contributed by atoms with Crippen molar-refractivity contribution in [3.8, 4) is 0 Å². The summed E-state index contributed by atoms with van der Waals surface area (Å²) in [4.78, 5) is 5.13. The van der Waals surface area contributed by atoms with Crippen molar-refractivity contribution in [2.24, 2.45) is 5.92 Å². The van der Waals surface area contributed by atoms with Crippen molar-refractivity contribution in [3.63, 3.8) is 0 Å². The summed E-state index contributed by atoms with van der Waals surface area (Å²) in [5, 5.41) is 3.21. The third kappa shape index (κ3) is 3.97. The fraction of sp³-hybridized carbons (Fsp3) is 0.647. The molecule has 2 rings (SSSR count). The molecule has 112 valence electrons. The van der Waals surface area contributed by atoms with E-state index in [-0.39, 0.29) is 0 Å². The smallest absolute Gasteiger partial charge is 0.0397 e. The standard InChI is InChI=1S/C17H29N3/c1-14(2)13-19-7-9-20(10-8-19)17-6-5-16(12-18-4)11-15(17)3/h5-6,11,14,18H,7-10,12-13H2,1-4H3. The van der Waals surface area contributed by atoms with Gasteiger partial charge in [-0.1, -0.05) is 26.0 Å². The van der Waals surface area contributed by atoms with E-state index in [2.05, 4.69) is 54.1 Å². The van der Waals surface area contributed by atoms with E-state index in [1.807, 2.05) is 7.05 Å². The molecule has 1 saturated heterocycles. The van der Waals surface area contributed by atoms with Crippen LogP contribution in [0, 0.1) is 12.8 Å². The SMILES string of the molecule is CNCc1ccc(N2CCN(CC(C)C)CC2)c(C)c1. The lowest BCUT2D eigenvalue weighted by molar-refractivity contribution is 0.231. The molecule has 0 radical (unpaired) electrons. The third-order valence-electron chi connectivity index (χ3n) is 3.98. The molecule has 0 aliphatic carbocycles. The first-order valence-electron chi connectivity index (χ1n) is 7.81. The summed E-state index contributed by atoms with van der Waals surface area (Å²) in [6, 6.07) is 6.85. The topological polar surface area (TPSA) is 18.5 Å². The van der Waals surface area contributed by atoms with Crippen molar-refractivity contribution in [1.82, 2.24) is 10.2 Å². The highest BCUT2D eigenvalue weighted by molar-refractivity contribution is 5.54. The molecule has 3 heteroatoms. The van der Waals surface area contributed by atoms with Crippen molar-refractivity contribution in [2.75, 3.05) is 44.7 Å². The summed E-state index contributed by atoms with van der Waals surface area (Å²) in [6.07, 6.45) is 0. The Hall–Kier alpha value is -1.06. The van der Waals surface area contributed by atoms with E-state index in [9.17, 15) is 0 Å². The predicted molar refractivity (Wildman–Crippen MR) is 87.4 cm³/mol. The van der Waals surface area contributed by atoms with Crippen LogP contribution in [0.25, 0.3) is 0 Å². The second-order valence-electron chi connectivity index (χ2n) is 6.33. The van der Waals surface area contributed by atoms with Gasteiger partial charge in [-0.05, 0) is 37.1 Å². The maximum absolute atomic E-state index is 3.21. The minimum atomic E-state index is 0.768. The van der Waals surface area contributed by atoms with Crippen LogP contribution in [0.2, 0.25) is 0 Å². The number of piperazine rings is 1. The van der Waals surface area contributed by atoms with E-state index < -0.39 is 0 Å². The number of nitrogens with one attached hydrogen (secondary N) is 1. The number of hydrogen-bond acceptors (Lipinski definition) is 3. The molecule has 3 nitrogen and oxygen atoms in total. The van der Waals surface area contributed by atoms with E-state index in [0.29, 0.717) is 0 Å². The second kappa shape index (κ2) is 7.09. The second-order valence-corrected chi connectivity index (χ2v) is 6.33. The Kier molecular flexibility index (Phi) is 5.44. The molecule has 0 unspecified atom stereocenters. The zero-order valence-electron chi connectivity index (χ0n) is 13.4. The first-order chi connectivity index (χ1) is 9.60. The molecule has 1 aliphatic heterocycles. The van der Waals surface area contributed by atoms with Crippen LogP contribution < -0.4 is 10.2 Å². The van der Waals surface area contributed by atoms with E-state index in [4.69, 9.17) is 0 Å². The summed E-state index contributed by atoms with van der Waals surface area (Å²) in [6.45, 7) is 13.7. The van der Waals surface area contributed by atoms with Gasteiger partial charge in [0, 0.05) is 45.0 Å². The Morgan fingerprint density at radius 1 is 1.15 bits per heavy atom. The molecular formula is C17H29N3. The minimum absolute atomic E-state index is 0.768. The maximum atomic E-state index is 3.21.